The van der Waals surface area contributed by atoms with Gasteiger partial charge < -0.3 is 15.0 Å². The van der Waals surface area contributed by atoms with Crippen LogP contribution in [0.5, 0.6) is 5.75 Å². The van der Waals surface area contributed by atoms with Crippen LogP contribution in [0.2, 0.25) is 5.02 Å². The summed E-state index contributed by atoms with van der Waals surface area (Å²) in [6, 6.07) is 19.0. The summed E-state index contributed by atoms with van der Waals surface area (Å²) in [7, 11) is -2.58. The molecule has 0 bridgehead atoms. The van der Waals surface area contributed by atoms with Gasteiger partial charge in [0.15, 0.2) is 0 Å². The third-order valence-electron chi connectivity index (χ3n) is 6.51. The SMILES string of the molecule is CCCCNC(=O)[C@@H](C)N(Cc1ccc(OC)cc1)C(=O)CN(c1ccc(C)cc1)S(=O)(=O)c1ccc(Cl)cc1. The van der Waals surface area contributed by atoms with E-state index in [2.05, 4.69) is 5.32 Å². The molecule has 3 aromatic rings. The van der Waals surface area contributed by atoms with Gasteiger partial charge in [0.25, 0.3) is 10.0 Å². The summed E-state index contributed by atoms with van der Waals surface area (Å²) in [6.45, 7) is 5.65. The number of ether oxygens (including phenoxy) is 1. The molecule has 214 valence electrons. The molecule has 0 unspecified atom stereocenters. The Kier molecular flexibility index (Phi) is 11.0. The van der Waals surface area contributed by atoms with E-state index in [1.165, 1.54) is 29.2 Å². The normalized spacial score (nSPS) is 11.9. The van der Waals surface area contributed by atoms with E-state index >= 15 is 0 Å². The largest absolute Gasteiger partial charge is 0.497 e. The second kappa shape index (κ2) is 14.2. The number of amides is 2. The number of methoxy groups -OCH3 is 1. The van der Waals surface area contributed by atoms with Gasteiger partial charge >= 0.3 is 0 Å². The average molecular weight is 586 g/mol. The first kappa shape index (κ1) is 31.0. The Bertz CT molecular complexity index is 1380. The number of nitrogens with zero attached hydrogens (tertiary/aromatic N) is 2. The number of benzene rings is 3. The van der Waals surface area contributed by atoms with E-state index in [1.54, 1.807) is 50.4 Å². The lowest BCUT2D eigenvalue weighted by Gasteiger charge is -2.32. The van der Waals surface area contributed by atoms with Crippen molar-refractivity contribution in [2.45, 2.75) is 51.1 Å². The summed E-state index contributed by atoms with van der Waals surface area (Å²) < 4.78 is 33.9. The number of hydrogen-bond acceptors (Lipinski definition) is 5. The second-order valence-corrected chi connectivity index (χ2v) is 11.8. The van der Waals surface area contributed by atoms with Crippen molar-refractivity contribution < 1.29 is 22.7 Å². The van der Waals surface area contributed by atoms with Gasteiger partial charge in [-0.15, -0.1) is 0 Å². The van der Waals surface area contributed by atoms with Gasteiger partial charge in [-0.1, -0.05) is 54.8 Å². The highest BCUT2D eigenvalue weighted by Crippen LogP contribution is 2.26. The average Bonchev–Trinajstić information content (AvgIpc) is 2.95. The lowest BCUT2D eigenvalue weighted by atomic mass is 10.1. The van der Waals surface area contributed by atoms with Gasteiger partial charge in [-0.25, -0.2) is 8.42 Å². The van der Waals surface area contributed by atoms with Gasteiger partial charge in [-0.05, 0) is 74.4 Å². The van der Waals surface area contributed by atoms with Crippen LogP contribution in [0.1, 0.15) is 37.8 Å². The van der Waals surface area contributed by atoms with Gasteiger partial charge in [-0.3, -0.25) is 13.9 Å². The zero-order valence-corrected chi connectivity index (χ0v) is 24.8. The van der Waals surface area contributed by atoms with Crippen LogP contribution in [0.4, 0.5) is 5.69 Å². The molecule has 0 aromatic heterocycles. The van der Waals surface area contributed by atoms with E-state index in [9.17, 15) is 18.0 Å². The molecule has 1 N–H and O–H groups in total. The highest BCUT2D eigenvalue weighted by atomic mass is 35.5. The molecule has 8 nitrogen and oxygen atoms in total. The first-order valence-corrected chi connectivity index (χ1v) is 14.9. The highest BCUT2D eigenvalue weighted by molar-refractivity contribution is 7.92. The number of carbonyl (C=O) groups excluding carboxylic acids is 2. The van der Waals surface area contributed by atoms with E-state index in [1.807, 2.05) is 26.0 Å². The fourth-order valence-electron chi connectivity index (χ4n) is 4.02. The number of rotatable bonds is 13. The van der Waals surface area contributed by atoms with Gasteiger partial charge in [0.1, 0.15) is 18.3 Å². The molecule has 0 saturated carbocycles. The van der Waals surface area contributed by atoms with Crippen molar-refractivity contribution in [3.05, 3.63) is 88.9 Å². The molecule has 3 rings (SSSR count). The minimum atomic E-state index is -4.15. The number of carbonyl (C=O) groups is 2. The van der Waals surface area contributed by atoms with Crippen molar-refractivity contribution in [2.75, 3.05) is 24.5 Å². The number of nitrogens with one attached hydrogen (secondary N) is 1. The van der Waals surface area contributed by atoms with Crippen LogP contribution >= 0.6 is 11.6 Å². The molecule has 0 heterocycles. The Morgan fingerprint density at radius 1 is 0.975 bits per heavy atom. The van der Waals surface area contributed by atoms with Crippen molar-refractivity contribution in [3.63, 3.8) is 0 Å². The number of hydrogen-bond donors (Lipinski definition) is 1. The molecular weight excluding hydrogens is 550 g/mol. The monoisotopic (exact) mass is 585 g/mol. The summed E-state index contributed by atoms with van der Waals surface area (Å²) in [5.41, 5.74) is 2.04. The zero-order chi connectivity index (χ0) is 29.3. The number of halogens is 1. The van der Waals surface area contributed by atoms with E-state index in [4.69, 9.17) is 16.3 Å². The first-order valence-electron chi connectivity index (χ1n) is 13.1. The smallest absolute Gasteiger partial charge is 0.264 e. The second-order valence-electron chi connectivity index (χ2n) is 9.49. The molecule has 0 aliphatic heterocycles. The van der Waals surface area contributed by atoms with Crippen molar-refractivity contribution >= 4 is 39.1 Å². The van der Waals surface area contributed by atoms with Gasteiger partial charge in [0.05, 0.1) is 17.7 Å². The Hall–Kier alpha value is -3.56. The van der Waals surface area contributed by atoms with Crippen molar-refractivity contribution in [3.8, 4) is 5.75 Å². The third-order valence-corrected chi connectivity index (χ3v) is 8.55. The lowest BCUT2D eigenvalue weighted by molar-refractivity contribution is -0.139. The van der Waals surface area contributed by atoms with Gasteiger partial charge in [-0.2, -0.15) is 0 Å². The highest BCUT2D eigenvalue weighted by Gasteiger charge is 2.32. The van der Waals surface area contributed by atoms with Crippen LogP contribution in [-0.2, 0) is 26.2 Å². The van der Waals surface area contributed by atoms with Crippen molar-refractivity contribution in [1.82, 2.24) is 10.2 Å². The predicted octanol–water partition coefficient (Wildman–Crippen LogP) is 5.19. The fourth-order valence-corrected chi connectivity index (χ4v) is 5.56. The van der Waals surface area contributed by atoms with Crippen molar-refractivity contribution in [1.29, 1.82) is 0 Å². The van der Waals surface area contributed by atoms with Crippen LogP contribution in [0, 0.1) is 6.92 Å². The minimum absolute atomic E-state index is 0.00247. The molecular formula is C30H36ClN3O5S. The van der Waals surface area contributed by atoms with E-state index in [-0.39, 0.29) is 17.3 Å². The molecule has 2 amide bonds. The summed E-state index contributed by atoms with van der Waals surface area (Å²) in [6.07, 6.45) is 1.72. The van der Waals surface area contributed by atoms with Crippen molar-refractivity contribution in [2.24, 2.45) is 0 Å². The van der Waals surface area contributed by atoms with Crippen LogP contribution in [-0.4, -0.2) is 51.4 Å². The molecule has 0 saturated heterocycles. The summed E-state index contributed by atoms with van der Waals surface area (Å²) in [4.78, 5) is 28.4. The topological polar surface area (TPSA) is 96.0 Å². The van der Waals surface area contributed by atoms with Crippen LogP contribution in [0.25, 0.3) is 0 Å². The lowest BCUT2D eigenvalue weighted by Crippen LogP contribution is -2.51. The quantitative estimate of drug-likeness (QED) is 0.279. The number of anilines is 1. The molecule has 0 fully saturated rings. The molecule has 0 radical (unpaired) electrons. The number of sulfonamides is 1. The van der Waals surface area contributed by atoms with E-state index in [0.29, 0.717) is 23.0 Å². The molecule has 0 aliphatic rings. The molecule has 40 heavy (non-hydrogen) atoms. The molecule has 0 spiro atoms. The van der Waals surface area contributed by atoms with Gasteiger partial charge in [0, 0.05) is 18.1 Å². The maximum Gasteiger partial charge on any atom is 0.264 e. The zero-order valence-electron chi connectivity index (χ0n) is 23.3. The predicted molar refractivity (Wildman–Crippen MR) is 158 cm³/mol. The van der Waals surface area contributed by atoms with E-state index in [0.717, 1.165) is 28.3 Å². The maximum atomic E-state index is 13.9. The first-order chi connectivity index (χ1) is 19.1. The number of aryl methyl sites for hydroxylation is 1. The third kappa shape index (κ3) is 7.99. The maximum absolute atomic E-state index is 13.9. The fraction of sp³-hybridized carbons (Fsp3) is 0.333. The Morgan fingerprint density at radius 2 is 1.60 bits per heavy atom. The Morgan fingerprint density at radius 3 is 2.17 bits per heavy atom. The molecule has 10 heteroatoms. The number of unbranched alkanes of at least 4 members (excludes halogenated alkanes) is 1. The Labute approximate surface area is 241 Å². The van der Waals surface area contributed by atoms with Gasteiger partial charge in [0.2, 0.25) is 11.8 Å². The summed E-state index contributed by atoms with van der Waals surface area (Å²) in [5, 5.41) is 3.27. The van der Waals surface area contributed by atoms with Crippen LogP contribution < -0.4 is 14.4 Å². The molecule has 3 aromatic carbocycles. The molecule has 0 aliphatic carbocycles. The minimum Gasteiger partial charge on any atom is -0.497 e. The summed E-state index contributed by atoms with van der Waals surface area (Å²) >= 11 is 5.99. The Balaban J connectivity index is 1.98. The molecule has 1 atom stereocenters. The van der Waals surface area contributed by atoms with Crippen LogP contribution in [0.3, 0.4) is 0 Å². The standard InChI is InChI=1S/C30H36ClN3O5S/c1-5-6-19-32-30(36)23(3)33(20-24-9-15-27(39-4)16-10-24)29(35)21-34(26-13-7-22(2)8-14-26)40(37,38)28-17-11-25(31)12-18-28/h7-18,23H,5-6,19-21H2,1-4H3,(H,32,36)/t23-/m1/s1. The summed E-state index contributed by atoms with van der Waals surface area (Å²) in [5.74, 6) is -0.170. The van der Waals surface area contributed by atoms with E-state index < -0.39 is 28.5 Å². The van der Waals surface area contributed by atoms with Crippen LogP contribution in [0.15, 0.2) is 77.7 Å².